The Bertz CT molecular complexity index is 862. The number of hydrogen-bond acceptors (Lipinski definition) is 5. The zero-order valence-corrected chi connectivity index (χ0v) is 14.4. The molecule has 9 nitrogen and oxygen atoms in total. The zero-order valence-electron chi connectivity index (χ0n) is 14.4. The van der Waals surface area contributed by atoms with Crippen LogP contribution in [-0.2, 0) is 4.79 Å². The van der Waals surface area contributed by atoms with E-state index in [2.05, 4.69) is 5.43 Å². The van der Waals surface area contributed by atoms with Crippen LogP contribution >= 0.6 is 0 Å². The number of ether oxygens (including phenoxy) is 1. The van der Waals surface area contributed by atoms with E-state index in [1.54, 1.807) is 12.1 Å². The number of carbonyl (C=O) groups is 3. The van der Waals surface area contributed by atoms with Gasteiger partial charge in [-0.3, -0.25) is 25.4 Å². The molecule has 5 N–H and O–H groups in total. The number of aliphatic carboxylic acids is 1. The summed E-state index contributed by atoms with van der Waals surface area (Å²) in [5.41, 5.74) is 8.89. The summed E-state index contributed by atoms with van der Waals surface area (Å²) in [6.45, 7) is -0.481. The third-order valence-electron chi connectivity index (χ3n) is 3.50. The first-order valence-electron chi connectivity index (χ1n) is 7.76. The lowest BCUT2D eigenvalue weighted by atomic mass is 10.1. The number of nitrogens with two attached hydrogens (primary N) is 1. The summed E-state index contributed by atoms with van der Waals surface area (Å²) < 4.78 is 4.99. The number of carboxylic acids is 1. The predicted octanol–water partition coefficient (Wildman–Crippen LogP) is 0.851. The van der Waals surface area contributed by atoms with Gasteiger partial charge in [-0.15, -0.1) is 0 Å². The smallest absolute Gasteiger partial charge is 0.341 e. The van der Waals surface area contributed by atoms with Gasteiger partial charge in [-0.25, -0.2) is 4.79 Å². The number of hydrogen-bond donors (Lipinski definition) is 4. The van der Waals surface area contributed by atoms with Gasteiger partial charge in [-0.2, -0.15) is 0 Å². The fourth-order valence-corrected chi connectivity index (χ4v) is 2.10. The molecule has 0 unspecified atom stereocenters. The Morgan fingerprint density at radius 2 is 1.56 bits per heavy atom. The maximum atomic E-state index is 12.3. The van der Waals surface area contributed by atoms with Crippen LogP contribution in [-0.4, -0.2) is 47.4 Å². The van der Waals surface area contributed by atoms with Crippen molar-refractivity contribution in [2.75, 3.05) is 13.7 Å². The fraction of sp³-hybridized carbons (Fsp3) is 0.111. The molecule has 9 heteroatoms. The Hall–Kier alpha value is -3.88. The fourth-order valence-electron chi connectivity index (χ4n) is 2.10. The van der Waals surface area contributed by atoms with E-state index in [9.17, 15) is 14.4 Å². The standard InChI is InChI=1S/C18H18N4O5/c1-22(18(26)13-4-2-11(3-5-13)16(19)20)21-17(25)12-6-8-14(9-7-12)27-10-15(23)24/h2-9H,10H2,1H3,(H3,19,20)(H,21,25)(H,23,24). The van der Waals surface area contributed by atoms with Crippen LogP contribution in [0.4, 0.5) is 0 Å². The summed E-state index contributed by atoms with van der Waals surface area (Å²) in [6, 6.07) is 11.9. The van der Waals surface area contributed by atoms with Crippen LogP contribution in [0.1, 0.15) is 26.3 Å². The topological polar surface area (TPSA) is 146 Å². The quantitative estimate of drug-likeness (QED) is 0.337. The minimum absolute atomic E-state index is 0.105. The molecule has 0 radical (unpaired) electrons. The van der Waals surface area contributed by atoms with Gasteiger partial charge in [-0.05, 0) is 36.4 Å². The molecular formula is C18H18N4O5. The van der Waals surface area contributed by atoms with E-state index >= 15 is 0 Å². The molecule has 0 bridgehead atoms. The molecule has 0 aliphatic rings. The molecule has 0 heterocycles. The number of hydrazine groups is 1. The molecule has 0 aliphatic carbocycles. The summed E-state index contributed by atoms with van der Waals surface area (Å²) in [5.74, 6) is -1.86. The van der Waals surface area contributed by atoms with Gasteiger partial charge >= 0.3 is 5.97 Å². The molecule has 0 saturated carbocycles. The van der Waals surface area contributed by atoms with E-state index in [4.69, 9.17) is 21.0 Å². The van der Waals surface area contributed by atoms with Gasteiger partial charge < -0.3 is 15.6 Å². The molecule has 2 aromatic rings. The zero-order chi connectivity index (χ0) is 20.0. The van der Waals surface area contributed by atoms with Gasteiger partial charge in [-0.1, -0.05) is 12.1 Å². The number of nitrogens with zero attached hydrogens (tertiary/aromatic N) is 1. The first-order chi connectivity index (χ1) is 12.8. The van der Waals surface area contributed by atoms with Gasteiger partial charge in [0.05, 0.1) is 0 Å². The minimum atomic E-state index is -1.10. The van der Waals surface area contributed by atoms with E-state index in [1.807, 2.05) is 0 Å². The van der Waals surface area contributed by atoms with Crippen LogP contribution in [0.2, 0.25) is 0 Å². The number of nitrogen functional groups attached to an aromatic ring is 1. The van der Waals surface area contributed by atoms with Crippen LogP contribution in [0.5, 0.6) is 5.75 Å². The van der Waals surface area contributed by atoms with Gasteiger partial charge in [0.1, 0.15) is 11.6 Å². The molecule has 0 aliphatic heterocycles. The summed E-state index contributed by atoms with van der Waals surface area (Å²) in [4.78, 5) is 35.0. The van der Waals surface area contributed by atoms with Crippen molar-refractivity contribution >= 4 is 23.6 Å². The number of nitrogens with one attached hydrogen (secondary N) is 2. The normalized spacial score (nSPS) is 9.96. The van der Waals surface area contributed by atoms with E-state index in [-0.39, 0.29) is 11.4 Å². The number of amidine groups is 1. The second kappa shape index (κ2) is 8.48. The molecule has 0 spiro atoms. The predicted molar refractivity (Wildman–Crippen MR) is 96.6 cm³/mol. The van der Waals surface area contributed by atoms with E-state index in [0.717, 1.165) is 5.01 Å². The lowest BCUT2D eigenvalue weighted by Gasteiger charge is -2.18. The van der Waals surface area contributed by atoms with Gasteiger partial charge in [0.2, 0.25) is 0 Å². The molecule has 0 fully saturated rings. The first kappa shape index (κ1) is 19.4. The van der Waals surface area contributed by atoms with Gasteiger partial charge in [0.25, 0.3) is 11.8 Å². The summed E-state index contributed by atoms with van der Waals surface area (Å²) >= 11 is 0. The largest absolute Gasteiger partial charge is 0.482 e. The van der Waals surface area contributed by atoms with Crippen LogP contribution in [0, 0.1) is 5.41 Å². The second-order valence-electron chi connectivity index (χ2n) is 5.50. The Balaban J connectivity index is 1.98. The van der Waals surface area contributed by atoms with Gasteiger partial charge in [0.15, 0.2) is 6.61 Å². The Labute approximate surface area is 154 Å². The molecule has 2 amide bonds. The number of rotatable bonds is 6. The lowest BCUT2D eigenvalue weighted by molar-refractivity contribution is -0.139. The van der Waals surface area contributed by atoms with Crippen LogP contribution in [0.15, 0.2) is 48.5 Å². The highest BCUT2D eigenvalue weighted by Crippen LogP contribution is 2.12. The first-order valence-corrected chi connectivity index (χ1v) is 7.76. The van der Waals surface area contributed by atoms with Crippen molar-refractivity contribution < 1.29 is 24.2 Å². The lowest BCUT2D eigenvalue weighted by Crippen LogP contribution is -2.43. The van der Waals surface area contributed by atoms with Gasteiger partial charge in [0, 0.05) is 23.7 Å². The Morgan fingerprint density at radius 1 is 1.04 bits per heavy atom. The second-order valence-corrected chi connectivity index (χ2v) is 5.50. The third-order valence-corrected chi connectivity index (χ3v) is 3.50. The SMILES string of the molecule is CN(NC(=O)c1ccc(OCC(=O)O)cc1)C(=O)c1ccc(C(=N)N)cc1. The van der Waals surface area contributed by atoms with Crippen LogP contribution in [0.25, 0.3) is 0 Å². The Kier molecular flexibility index (Phi) is 6.10. The van der Waals surface area contributed by atoms with Crippen LogP contribution < -0.4 is 15.9 Å². The van der Waals surface area contributed by atoms with Crippen molar-refractivity contribution in [2.24, 2.45) is 5.73 Å². The average molecular weight is 370 g/mol. The molecule has 2 rings (SSSR count). The van der Waals surface area contributed by atoms with Crippen molar-refractivity contribution in [3.05, 3.63) is 65.2 Å². The monoisotopic (exact) mass is 370 g/mol. The molecule has 0 saturated heterocycles. The van der Waals surface area contributed by atoms with E-state index < -0.39 is 24.4 Å². The summed E-state index contributed by atoms with van der Waals surface area (Å²) in [5, 5.41) is 16.9. The van der Waals surface area contributed by atoms with Crippen molar-refractivity contribution in [3.8, 4) is 5.75 Å². The van der Waals surface area contributed by atoms with Crippen molar-refractivity contribution in [1.82, 2.24) is 10.4 Å². The number of carbonyl (C=O) groups excluding carboxylic acids is 2. The van der Waals surface area contributed by atoms with Crippen molar-refractivity contribution in [3.63, 3.8) is 0 Å². The van der Waals surface area contributed by atoms with Crippen molar-refractivity contribution in [1.29, 1.82) is 5.41 Å². The number of carboxylic acid groups (broad SMARTS) is 1. The highest BCUT2D eigenvalue weighted by Gasteiger charge is 2.15. The maximum absolute atomic E-state index is 12.3. The molecular weight excluding hydrogens is 352 g/mol. The molecule has 140 valence electrons. The molecule has 2 aromatic carbocycles. The average Bonchev–Trinajstić information content (AvgIpc) is 2.66. The highest BCUT2D eigenvalue weighted by molar-refractivity contribution is 6.00. The van der Waals surface area contributed by atoms with E-state index in [1.165, 1.54) is 43.4 Å². The molecule has 27 heavy (non-hydrogen) atoms. The number of benzene rings is 2. The highest BCUT2D eigenvalue weighted by atomic mass is 16.5. The van der Waals surface area contributed by atoms with Crippen molar-refractivity contribution in [2.45, 2.75) is 0 Å². The minimum Gasteiger partial charge on any atom is -0.482 e. The molecule has 0 atom stereocenters. The summed E-state index contributed by atoms with van der Waals surface area (Å²) in [7, 11) is 1.41. The van der Waals surface area contributed by atoms with Crippen LogP contribution in [0.3, 0.4) is 0 Å². The summed E-state index contributed by atoms with van der Waals surface area (Å²) in [6.07, 6.45) is 0. The maximum Gasteiger partial charge on any atom is 0.341 e. The van der Waals surface area contributed by atoms with E-state index in [0.29, 0.717) is 16.9 Å². The molecule has 0 aromatic heterocycles. The third kappa shape index (κ3) is 5.30. The number of amides is 2. The Morgan fingerprint density at radius 3 is 2.07 bits per heavy atom.